The quantitative estimate of drug-likeness (QED) is 0.792. The first kappa shape index (κ1) is 15.4. The molecule has 1 heterocycles. The molecule has 0 saturated carbocycles. The molecule has 2 unspecified atom stereocenters. The lowest BCUT2D eigenvalue weighted by Crippen LogP contribution is -2.56. The second kappa shape index (κ2) is 5.97. The Morgan fingerprint density at radius 1 is 1.33 bits per heavy atom. The van der Waals surface area contributed by atoms with Crippen LogP contribution in [0.25, 0.3) is 0 Å². The lowest BCUT2D eigenvalue weighted by molar-refractivity contribution is -0.150. The van der Waals surface area contributed by atoms with E-state index in [1.54, 1.807) is 0 Å². The molecule has 0 spiro atoms. The fourth-order valence-electron chi connectivity index (χ4n) is 2.65. The van der Waals surface area contributed by atoms with Crippen molar-refractivity contribution in [2.45, 2.75) is 52.7 Å². The van der Waals surface area contributed by atoms with Crippen LogP contribution in [-0.4, -0.2) is 41.1 Å². The van der Waals surface area contributed by atoms with E-state index >= 15 is 0 Å². The maximum atomic E-state index is 12.7. The van der Waals surface area contributed by atoms with E-state index in [-0.39, 0.29) is 18.1 Å². The van der Waals surface area contributed by atoms with Gasteiger partial charge in [-0.3, -0.25) is 4.79 Å². The summed E-state index contributed by atoms with van der Waals surface area (Å²) < 4.78 is 5.65. The minimum atomic E-state index is -0.688. The maximum Gasteiger partial charge on any atom is 0.235 e. The van der Waals surface area contributed by atoms with E-state index in [1.807, 2.05) is 32.6 Å². The molecule has 2 N–H and O–H groups in total. The van der Waals surface area contributed by atoms with Crippen molar-refractivity contribution >= 4 is 23.1 Å². The summed E-state index contributed by atoms with van der Waals surface area (Å²) in [5.41, 5.74) is 5.13. The first-order valence-electron chi connectivity index (χ1n) is 6.62. The molecule has 2 atom stereocenters. The normalized spacial score (nSPS) is 25.0. The van der Waals surface area contributed by atoms with Gasteiger partial charge in [0.2, 0.25) is 5.91 Å². The van der Waals surface area contributed by atoms with Gasteiger partial charge in [0.25, 0.3) is 0 Å². The van der Waals surface area contributed by atoms with Crippen molar-refractivity contribution < 1.29 is 9.53 Å². The molecule has 0 aromatic heterocycles. The first-order chi connectivity index (χ1) is 8.37. The standard InChI is InChI=1S/C13H24N2O2S/c1-5-13(6-2,11(14)18)12(16)15-7-9(3)17-10(4)8-15/h9-10H,5-8H2,1-4H3,(H2,14,18). The highest BCUT2D eigenvalue weighted by Crippen LogP contribution is 2.30. The fourth-order valence-corrected chi connectivity index (χ4v) is 3.03. The van der Waals surface area contributed by atoms with Crippen LogP contribution in [-0.2, 0) is 9.53 Å². The van der Waals surface area contributed by atoms with Gasteiger partial charge in [-0.2, -0.15) is 0 Å². The van der Waals surface area contributed by atoms with Gasteiger partial charge in [-0.25, -0.2) is 0 Å². The zero-order valence-corrected chi connectivity index (χ0v) is 12.5. The third-order valence-corrected chi connectivity index (χ3v) is 4.19. The van der Waals surface area contributed by atoms with Crippen molar-refractivity contribution in [2.75, 3.05) is 13.1 Å². The Bertz CT molecular complexity index is 319. The molecule has 0 aromatic carbocycles. The predicted octanol–water partition coefficient (Wildman–Crippen LogP) is 1.71. The number of amides is 1. The third-order valence-electron chi connectivity index (χ3n) is 3.79. The first-order valence-corrected chi connectivity index (χ1v) is 7.03. The Kier molecular flexibility index (Phi) is 5.10. The van der Waals surface area contributed by atoms with Gasteiger partial charge in [0.15, 0.2) is 0 Å². The summed E-state index contributed by atoms with van der Waals surface area (Å²) in [6, 6.07) is 0. The van der Waals surface area contributed by atoms with E-state index in [1.165, 1.54) is 0 Å². The van der Waals surface area contributed by atoms with E-state index in [0.717, 1.165) is 0 Å². The van der Waals surface area contributed by atoms with E-state index in [2.05, 4.69) is 0 Å². The van der Waals surface area contributed by atoms with Crippen LogP contribution in [0.1, 0.15) is 40.5 Å². The number of nitrogens with zero attached hydrogens (tertiary/aromatic N) is 1. The van der Waals surface area contributed by atoms with Crippen LogP contribution in [0.2, 0.25) is 0 Å². The summed E-state index contributed by atoms with van der Waals surface area (Å²) in [4.78, 5) is 14.9. The highest BCUT2D eigenvalue weighted by molar-refractivity contribution is 7.80. The predicted molar refractivity (Wildman–Crippen MR) is 76.4 cm³/mol. The Labute approximate surface area is 115 Å². The summed E-state index contributed by atoms with van der Waals surface area (Å²) >= 11 is 5.13. The Morgan fingerprint density at radius 3 is 2.11 bits per heavy atom. The molecule has 1 amide bonds. The van der Waals surface area contributed by atoms with Crippen molar-refractivity contribution in [2.24, 2.45) is 11.1 Å². The van der Waals surface area contributed by atoms with E-state index in [9.17, 15) is 4.79 Å². The topological polar surface area (TPSA) is 55.6 Å². The van der Waals surface area contributed by atoms with Gasteiger partial charge in [-0.1, -0.05) is 26.1 Å². The summed E-state index contributed by atoms with van der Waals surface area (Å²) in [6.07, 6.45) is 1.43. The summed E-state index contributed by atoms with van der Waals surface area (Å²) in [6.45, 7) is 9.13. The average molecular weight is 272 g/mol. The van der Waals surface area contributed by atoms with E-state index in [0.29, 0.717) is 30.9 Å². The van der Waals surface area contributed by atoms with Gasteiger partial charge in [0.05, 0.1) is 22.6 Å². The molecule has 0 aromatic rings. The van der Waals surface area contributed by atoms with Crippen LogP contribution < -0.4 is 5.73 Å². The van der Waals surface area contributed by atoms with Crippen LogP contribution in [0.3, 0.4) is 0 Å². The molecule has 1 rings (SSSR count). The van der Waals surface area contributed by atoms with Gasteiger partial charge < -0.3 is 15.4 Å². The van der Waals surface area contributed by atoms with Gasteiger partial charge in [-0.15, -0.1) is 0 Å². The molecule has 0 radical (unpaired) electrons. The third kappa shape index (κ3) is 2.83. The number of hydrogen-bond donors (Lipinski definition) is 1. The molecule has 104 valence electrons. The molecule has 0 aliphatic carbocycles. The van der Waals surface area contributed by atoms with Crippen molar-refractivity contribution in [1.29, 1.82) is 0 Å². The number of morpholine rings is 1. The van der Waals surface area contributed by atoms with Crippen molar-refractivity contribution in [3.63, 3.8) is 0 Å². The number of ether oxygens (including phenoxy) is 1. The number of nitrogens with two attached hydrogens (primary N) is 1. The molecule has 18 heavy (non-hydrogen) atoms. The van der Waals surface area contributed by atoms with Gasteiger partial charge >= 0.3 is 0 Å². The van der Waals surface area contributed by atoms with Gasteiger partial charge in [0, 0.05) is 13.1 Å². The smallest absolute Gasteiger partial charge is 0.235 e. The summed E-state index contributed by atoms with van der Waals surface area (Å²) in [5.74, 6) is 0.0574. The Balaban J connectivity index is 2.93. The molecule has 1 saturated heterocycles. The Hall–Kier alpha value is -0.680. The average Bonchev–Trinajstić information content (AvgIpc) is 2.29. The number of hydrogen-bond acceptors (Lipinski definition) is 3. The van der Waals surface area contributed by atoms with Crippen molar-refractivity contribution in [3.8, 4) is 0 Å². The highest BCUT2D eigenvalue weighted by atomic mass is 32.1. The maximum absolute atomic E-state index is 12.7. The highest BCUT2D eigenvalue weighted by Gasteiger charge is 2.42. The zero-order chi connectivity index (χ0) is 13.9. The summed E-state index contributed by atoms with van der Waals surface area (Å²) in [5, 5.41) is 0. The molecule has 4 nitrogen and oxygen atoms in total. The molecule has 5 heteroatoms. The van der Waals surface area contributed by atoms with Gasteiger partial charge in [-0.05, 0) is 26.7 Å². The minimum Gasteiger partial charge on any atom is -0.392 e. The molecule has 0 bridgehead atoms. The lowest BCUT2D eigenvalue weighted by Gasteiger charge is -2.41. The lowest BCUT2D eigenvalue weighted by atomic mass is 9.80. The molecule has 1 aliphatic rings. The Morgan fingerprint density at radius 2 is 1.78 bits per heavy atom. The zero-order valence-electron chi connectivity index (χ0n) is 11.7. The van der Waals surface area contributed by atoms with Crippen molar-refractivity contribution in [3.05, 3.63) is 0 Å². The minimum absolute atomic E-state index is 0.0574. The second-order valence-corrected chi connectivity index (χ2v) is 5.56. The molecular formula is C13H24N2O2S. The van der Waals surface area contributed by atoms with E-state index in [4.69, 9.17) is 22.7 Å². The van der Waals surface area contributed by atoms with Crippen LogP contribution in [0.5, 0.6) is 0 Å². The van der Waals surface area contributed by atoms with Crippen LogP contribution >= 0.6 is 12.2 Å². The number of carbonyl (C=O) groups is 1. The molecule has 1 fully saturated rings. The van der Waals surface area contributed by atoms with Crippen LogP contribution in [0.15, 0.2) is 0 Å². The van der Waals surface area contributed by atoms with Gasteiger partial charge in [0.1, 0.15) is 0 Å². The largest absolute Gasteiger partial charge is 0.392 e. The SMILES string of the molecule is CCC(CC)(C(=O)N1CC(C)OC(C)C1)C(N)=S. The second-order valence-electron chi connectivity index (χ2n) is 5.12. The van der Waals surface area contributed by atoms with E-state index < -0.39 is 5.41 Å². The number of thiocarbonyl (C=S) groups is 1. The number of rotatable bonds is 4. The monoisotopic (exact) mass is 272 g/mol. The fraction of sp³-hybridized carbons (Fsp3) is 0.846. The number of carbonyl (C=O) groups excluding carboxylic acids is 1. The molecule has 1 aliphatic heterocycles. The van der Waals surface area contributed by atoms with Crippen molar-refractivity contribution in [1.82, 2.24) is 4.90 Å². The summed E-state index contributed by atoms with van der Waals surface area (Å²) in [7, 11) is 0. The van der Waals surface area contributed by atoms with Crippen LogP contribution in [0.4, 0.5) is 0 Å². The van der Waals surface area contributed by atoms with Crippen LogP contribution in [0, 0.1) is 5.41 Å². The molecular weight excluding hydrogens is 248 g/mol.